The predicted octanol–water partition coefficient (Wildman–Crippen LogP) is 3.27. The van der Waals surface area contributed by atoms with Crippen LogP contribution in [0.5, 0.6) is 0 Å². The smallest absolute Gasteiger partial charge is 0.408 e. The summed E-state index contributed by atoms with van der Waals surface area (Å²) in [6, 6.07) is -2.69. The van der Waals surface area contributed by atoms with Gasteiger partial charge in [-0.3, -0.25) is 19.2 Å². The monoisotopic (exact) mass is 572 g/mol. The van der Waals surface area contributed by atoms with Crippen molar-refractivity contribution in [3.63, 3.8) is 0 Å². The van der Waals surface area contributed by atoms with Crippen LogP contribution in [0.1, 0.15) is 79.6 Å². The topological polar surface area (TPSA) is 134 Å². The second-order valence-electron chi connectivity index (χ2n) is 13.2. The molecule has 3 fully saturated rings. The van der Waals surface area contributed by atoms with Crippen LogP contribution in [0.3, 0.4) is 0 Å². The van der Waals surface area contributed by atoms with Crippen molar-refractivity contribution < 1.29 is 28.7 Å². The summed E-state index contributed by atoms with van der Waals surface area (Å²) in [6.45, 7) is 17.2. The number of ether oxygens (including phenoxy) is 1. The van der Waals surface area contributed by atoms with Gasteiger partial charge >= 0.3 is 6.09 Å². The predicted molar refractivity (Wildman–Crippen MR) is 156 cm³/mol. The number of ketones is 1. The third kappa shape index (κ3) is 7.77. The van der Waals surface area contributed by atoms with E-state index >= 15 is 0 Å². The highest BCUT2D eigenvalue weighted by Gasteiger charge is 2.69. The first kappa shape index (κ1) is 32.3. The number of carbonyl (C=O) groups excluding carboxylic acids is 5. The fourth-order valence-electron chi connectivity index (χ4n) is 6.50. The van der Waals surface area contributed by atoms with Gasteiger partial charge < -0.3 is 25.6 Å². The molecule has 10 heteroatoms. The number of rotatable bonds is 12. The van der Waals surface area contributed by atoms with E-state index in [2.05, 4.69) is 43.0 Å². The molecule has 3 N–H and O–H groups in total. The fraction of sp³-hybridized carbons (Fsp3) is 0.710. The number of hydrogen-bond donors (Lipinski definition) is 3. The van der Waals surface area contributed by atoms with Crippen LogP contribution >= 0.6 is 0 Å². The van der Waals surface area contributed by atoms with Crippen molar-refractivity contribution in [2.24, 2.45) is 23.2 Å². The molecule has 10 nitrogen and oxygen atoms in total. The SMILES string of the molecule is C=CCCC(NC(=O)[C@@H]1[C@H]2[C@@H](CN1C(=O)[C@@H](NC(=O)OC(C)(C)C)C1CCCCC1)C2(C)C)C(=O)C(=O)NCC=C. The van der Waals surface area contributed by atoms with Crippen LogP contribution in [-0.4, -0.2) is 71.3 Å². The van der Waals surface area contributed by atoms with Gasteiger partial charge in [0.05, 0.1) is 6.04 Å². The molecule has 5 atom stereocenters. The van der Waals surface area contributed by atoms with Gasteiger partial charge in [0.25, 0.3) is 5.91 Å². The molecule has 1 saturated heterocycles. The van der Waals surface area contributed by atoms with E-state index in [1.54, 1.807) is 31.7 Å². The van der Waals surface area contributed by atoms with Gasteiger partial charge in [-0.2, -0.15) is 0 Å². The van der Waals surface area contributed by atoms with E-state index in [9.17, 15) is 24.0 Å². The molecule has 0 aromatic rings. The Kier molecular flexibility index (Phi) is 10.4. The molecule has 3 rings (SSSR count). The molecular weight excluding hydrogens is 524 g/mol. The van der Waals surface area contributed by atoms with Crippen LogP contribution in [-0.2, 0) is 23.9 Å². The Balaban J connectivity index is 1.85. The maximum atomic E-state index is 14.2. The van der Waals surface area contributed by atoms with Crippen molar-refractivity contribution in [1.82, 2.24) is 20.9 Å². The number of nitrogens with one attached hydrogen (secondary N) is 3. The summed E-state index contributed by atoms with van der Waals surface area (Å²) < 4.78 is 5.49. The second kappa shape index (κ2) is 13.2. The van der Waals surface area contributed by atoms with E-state index < -0.39 is 47.4 Å². The summed E-state index contributed by atoms with van der Waals surface area (Å²) in [6.07, 6.45) is 7.66. The highest BCUT2D eigenvalue weighted by molar-refractivity contribution is 6.38. The highest BCUT2D eigenvalue weighted by atomic mass is 16.6. The lowest BCUT2D eigenvalue weighted by molar-refractivity contribution is -0.145. The third-order valence-corrected chi connectivity index (χ3v) is 8.74. The Hall–Kier alpha value is -3.17. The van der Waals surface area contributed by atoms with E-state index in [0.717, 1.165) is 32.1 Å². The Bertz CT molecular complexity index is 1040. The third-order valence-electron chi connectivity index (χ3n) is 8.74. The fourth-order valence-corrected chi connectivity index (χ4v) is 6.50. The Morgan fingerprint density at radius 1 is 1.02 bits per heavy atom. The molecule has 4 amide bonds. The van der Waals surface area contributed by atoms with Gasteiger partial charge in [0.1, 0.15) is 17.7 Å². The number of nitrogens with zero attached hydrogens (tertiary/aromatic N) is 1. The van der Waals surface area contributed by atoms with E-state index in [-0.39, 0.29) is 42.0 Å². The summed E-state index contributed by atoms with van der Waals surface area (Å²) in [5, 5.41) is 8.11. The molecule has 0 radical (unpaired) electrons. The molecule has 2 saturated carbocycles. The number of amides is 4. The maximum absolute atomic E-state index is 14.2. The average Bonchev–Trinajstić information content (AvgIpc) is 3.23. The van der Waals surface area contributed by atoms with Gasteiger partial charge in [0, 0.05) is 13.1 Å². The number of piperidine rings is 1. The van der Waals surface area contributed by atoms with Crippen molar-refractivity contribution in [3.8, 4) is 0 Å². The highest BCUT2D eigenvalue weighted by Crippen LogP contribution is 2.65. The van der Waals surface area contributed by atoms with Crippen molar-refractivity contribution in [1.29, 1.82) is 0 Å². The van der Waals surface area contributed by atoms with E-state index in [1.165, 1.54) is 6.08 Å². The molecule has 1 unspecified atom stereocenters. The zero-order chi connectivity index (χ0) is 30.5. The van der Waals surface area contributed by atoms with E-state index in [1.807, 2.05) is 0 Å². The van der Waals surface area contributed by atoms with Gasteiger partial charge in [-0.1, -0.05) is 45.3 Å². The molecule has 2 aliphatic carbocycles. The number of Topliss-reactive ketones (excluding diaryl/α,β-unsaturated/α-hetero) is 1. The number of allylic oxidation sites excluding steroid dienone is 1. The molecule has 228 valence electrons. The lowest BCUT2D eigenvalue weighted by Crippen LogP contribution is -2.59. The first-order valence-electron chi connectivity index (χ1n) is 14.9. The molecule has 3 aliphatic rings. The lowest BCUT2D eigenvalue weighted by Gasteiger charge is -2.37. The van der Waals surface area contributed by atoms with Gasteiger partial charge in [0.15, 0.2) is 0 Å². The zero-order valence-corrected chi connectivity index (χ0v) is 25.3. The van der Waals surface area contributed by atoms with Crippen LogP contribution in [0, 0.1) is 23.2 Å². The maximum Gasteiger partial charge on any atom is 0.408 e. The van der Waals surface area contributed by atoms with Crippen LogP contribution in [0.4, 0.5) is 4.79 Å². The molecule has 1 aliphatic heterocycles. The Morgan fingerprint density at radius 2 is 1.68 bits per heavy atom. The minimum atomic E-state index is -1.06. The normalized spacial score (nSPS) is 24.7. The quantitative estimate of drug-likeness (QED) is 0.243. The van der Waals surface area contributed by atoms with Crippen LogP contribution in [0.15, 0.2) is 25.3 Å². The van der Waals surface area contributed by atoms with Gasteiger partial charge in [-0.05, 0) is 69.6 Å². The molecule has 0 bridgehead atoms. The van der Waals surface area contributed by atoms with Crippen molar-refractivity contribution in [2.45, 2.75) is 103 Å². The molecule has 0 aromatic heterocycles. The van der Waals surface area contributed by atoms with Gasteiger partial charge in [-0.15, -0.1) is 13.2 Å². The van der Waals surface area contributed by atoms with Gasteiger partial charge in [-0.25, -0.2) is 4.79 Å². The van der Waals surface area contributed by atoms with Crippen LogP contribution in [0.2, 0.25) is 0 Å². The molecule has 0 spiro atoms. The average molecular weight is 573 g/mol. The summed E-state index contributed by atoms with van der Waals surface area (Å²) >= 11 is 0. The van der Waals surface area contributed by atoms with Crippen molar-refractivity contribution >= 4 is 29.6 Å². The number of hydrogen-bond acceptors (Lipinski definition) is 6. The largest absolute Gasteiger partial charge is 0.444 e. The van der Waals surface area contributed by atoms with E-state index in [0.29, 0.717) is 13.0 Å². The summed E-state index contributed by atoms with van der Waals surface area (Å²) in [5.41, 5.74) is -0.878. The number of fused-ring (bicyclic) bond motifs is 1. The second-order valence-corrected chi connectivity index (χ2v) is 13.2. The lowest BCUT2D eigenvalue weighted by atomic mass is 9.83. The Morgan fingerprint density at radius 3 is 2.27 bits per heavy atom. The van der Waals surface area contributed by atoms with Crippen LogP contribution in [0.25, 0.3) is 0 Å². The minimum Gasteiger partial charge on any atom is -0.444 e. The summed E-state index contributed by atoms with van der Waals surface area (Å²) in [7, 11) is 0. The standard InChI is InChI=1S/C31H48N4O6/c1-8-10-16-21(25(36)27(38)32-17-9-2)33-26(37)24-22-20(31(22,6)7)18-35(24)28(39)23(19-14-12-11-13-15-19)34-29(40)41-30(3,4)5/h8-9,19-24H,1-2,10-18H2,3-7H3,(H,32,38)(H,33,37)(H,34,40)/t20-,21?,22-,23+,24+/m1/s1. The molecule has 0 aromatic carbocycles. The van der Waals surface area contributed by atoms with Crippen molar-refractivity contribution in [3.05, 3.63) is 25.3 Å². The van der Waals surface area contributed by atoms with Gasteiger partial charge in [0.2, 0.25) is 17.6 Å². The molecular formula is C31H48N4O6. The Labute approximate surface area is 244 Å². The van der Waals surface area contributed by atoms with Crippen LogP contribution < -0.4 is 16.0 Å². The molecule has 41 heavy (non-hydrogen) atoms. The number of carbonyl (C=O) groups is 5. The number of likely N-dealkylation sites (tertiary alicyclic amines) is 1. The first-order valence-corrected chi connectivity index (χ1v) is 14.9. The van der Waals surface area contributed by atoms with Crippen molar-refractivity contribution in [2.75, 3.05) is 13.1 Å². The minimum absolute atomic E-state index is 0.0621. The zero-order valence-electron chi connectivity index (χ0n) is 25.3. The first-order chi connectivity index (χ1) is 19.2. The summed E-state index contributed by atoms with van der Waals surface area (Å²) in [5.74, 6) is -2.36. The molecule has 1 heterocycles. The van der Waals surface area contributed by atoms with E-state index in [4.69, 9.17) is 4.74 Å². The summed E-state index contributed by atoms with van der Waals surface area (Å²) in [4.78, 5) is 67.8. The number of alkyl carbamates (subject to hydrolysis) is 1.